The minimum absolute atomic E-state index is 0.0483. The van der Waals surface area contributed by atoms with Gasteiger partial charge in [0.15, 0.2) is 0 Å². The molecule has 0 bridgehead atoms. The number of halogens is 3. The lowest BCUT2D eigenvalue weighted by Gasteiger charge is -2.13. The van der Waals surface area contributed by atoms with Gasteiger partial charge in [-0.15, -0.1) is 0 Å². The lowest BCUT2D eigenvalue weighted by Crippen LogP contribution is -2.14. The first kappa shape index (κ1) is 18.8. The van der Waals surface area contributed by atoms with Crippen molar-refractivity contribution in [3.63, 3.8) is 0 Å². The molecule has 9 heteroatoms. The number of carbonyl (C=O) groups excluding carboxylic acids is 1. The Balaban J connectivity index is 2.30. The van der Waals surface area contributed by atoms with Crippen molar-refractivity contribution < 1.29 is 31.1 Å². The summed E-state index contributed by atoms with van der Waals surface area (Å²) in [6.45, 7) is -0.216. The zero-order chi connectivity index (χ0) is 18.6. The number of rotatable bonds is 6. The first-order chi connectivity index (χ1) is 11.8. The van der Waals surface area contributed by atoms with Gasteiger partial charge in [-0.1, -0.05) is 12.1 Å². The van der Waals surface area contributed by atoms with E-state index in [0.29, 0.717) is 0 Å². The molecule has 5 nitrogen and oxygen atoms in total. The van der Waals surface area contributed by atoms with Gasteiger partial charge in [-0.25, -0.2) is 17.6 Å². The molecule has 2 aromatic carbocycles. The quantitative estimate of drug-likeness (QED) is 0.787. The highest BCUT2D eigenvalue weighted by molar-refractivity contribution is 7.91. The van der Waals surface area contributed by atoms with E-state index in [9.17, 15) is 26.4 Å². The van der Waals surface area contributed by atoms with Crippen molar-refractivity contribution in [1.82, 2.24) is 0 Å². The Morgan fingerprint density at radius 3 is 2.52 bits per heavy atom. The number of alkyl halides is 2. The molecule has 2 rings (SSSR count). The molecular formula is C16H14F3NO4S. The minimum Gasteiger partial charge on any atom is -0.465 e. The van der Waals surface area contributed by atoms with Gasteiger partial charge < -0.3 is 10.1 Å². The van der Waals surface area contributed by atoms with Crippen molar-refractivity contribution in [3.05, 3.63) is 59.4 Å². The summed E-state index contributed by atoms with van der Waals surface area (Å²) >= 11 is 0. The maximum Gasteiger partial charge on any atom is 0.341 e. The third kappa shape index (κ3) is 4.11. The molecular weight excluding hydrogens is 359 g/mol. The zero-order valence-corrected chi connectivity index (χ0v) is 13.8. The molecule has 0 fully saturated rings. The smallest absolute Gasteiger partial charge is 0.341 e. The summed E-state index contributed by atoms with van der Waals surface area (Å²) in [4.78, 5) is 10.9. The topological polar surface area (TPSA) is 72.5 Å². The Bertz CT molecular complexity index is 885. The summed E-state index contributed by atoms with van der Waals surface area (Å²) in [6.07, 6.45) is 0. The van der Waals surface area contributed by atoms with E-state index >= 15 is 0 Å². The average Bonchev–Trinajstić information content (AvgIpc) is 2.60. The van der Waals surface area contributed by atoms with Crippen LogP contribution in [0, 0.1) is 5.82 Å². The van der Waals surface area contributed by atoms with E-state index in [-0.39, 0.29) is 23.4 Å². The van der Waals surface area contributed by atoms with Crippen LogP contribution < -0.4 is 5.32 Å². The molecule has 0 saturated carbocycles. The second-order valence-corrected chi connectivity index (χ2v) is 6.84. The van der Waals surface area contributed by atoms with Gasteiger partial charge in [0.05, 0.1) is 23.3 Å². The Kier molecular flexibility index (Phi) is 5.68. The van der Waals surface area contributed by atoms with Gasteiger partial charge in [0.25, 0.3) is 0 Å². The summed E-state index contributed by atoms with van der Waals surface area (Å²) in [5, 5.41) is 2.61. The maximum absolute atomic E-state index is 13.9. The number of esters is 1. The molecule has 0 heterocycles. The summed E-state index contributed by atoms with van der Waals surface area (Å²) < 4.78 is 67.3. The van der Waals surface area contributed by atoms with Crippen molar-refractivity contribution in [2.45, 2.75) is 17.2 Å². The van der Waals surface area contributed by atoms with Crippen LogP contribution in [0.1, 0.15) is 15.9 Å². The fourth-order valence-electron chi connectivity index (χ4n) is 2.10. The third-order valence-electron chi connectivity index (χ3n) is 3.36. The van der Waals surface area contributed by atoms with Crippen molar-refractivity contribution in [2.75, 3.05) is 12.4 Å². The van der Waals surface area contributed by atoms with Gasteiger partial charge >= 0.3 is 11.7 Å². The SMILES string of the molecule is COC(=O)c1ccc(F)c(CNc2ccccc2S(=O)(=O)C(F)F)c1. The number of methoxy groups -OCH3 is 1. The summed E-state index contributed by atoms with van der Waals surface area (Å²) in [6, 6.07) is 8.61. The maximum atomic E-state index is 13.9. The average molecular weight is 373 g/mol. The number of benzene rings is 2. The first-order valence-corrected chi connectivity index (χ1v) is 8.53. The molecule has 1 N–H and O–H groups in total. The van der Waals surface area contributed by atoms with Gasteiger partial charge in [-0.05, 0) is 30.3 Å². The lowest BCUT2D eigenvalue weighted by atomic mass is 10.1. The third-order valence-corrected chi connectivity index (χ3v) is 4.80. The van der Waals surface area contributed by atoms with Crippen LogP contribution >= 0.6 is 0 Å². The summed E-state index contributed by atoms with van der Waals surface area (Å²) in [5.41, 5.74) is 0.0620. The Morgan fingerprint density at radius 2 is 1.88 bits per heavy atom. The molecule has 0 aromatic heterocycles. The van der Waals surface area contributed by atoms with Crippen LogP contribution in [0.5, 0.6) is 0 Å². The van der Waals surface area contributed by atoms with Crippen LogP contribution in [0.25, 0.3) is 0 Å². The Hall–Kier alpha value is -2.55. The highest BCUT2D eigenvalue weighted by Gasteiger charge is 2.29. The predicted octanol–water partition coefficient (Wildman–Crippen LogP) is 3.22. The van der Waals surface area contributed by atoms with E-state index in [0.717, 1.165) is 12.1 Å². The number of ether oxygens (including phenoxy) is 1. The largest absolute Gasteiger partial charge is 0.465 e. The molecule has 0 aliphatic heterocycles. The number of hydrogen-bond acceptors (Lipinski definition) is 5. The predicted molar refractivity (Wildman–Crippen MR) is 84.7 cm³/mol. The molecule has 0 amide bonds. The molecule has 0 aliphatic carbocycles. The molecule has 0 saturated heterocycles. The van der Waals surface area contributed by atoms with Crippen LogP contribution in [0.2, 0.25) is 0 Å². The van der Waals surface area contributed by atoms with E-state index in [1.54, 1.807) is 0 Å². The molecule has 0 radical (unpaired) electrons. The van der Waals surface area contributed by atoms with E-state index in [4.69, 9.17) is 0 Å². The highest BCUT2D eigenvalue weighted by Crippen LogP contribution is 2.26. The molecule has 2 aromatic rings. The highest BCUT2D eigenvalue weighted by atomic mass is 32.2. The number of anilines is 1. The Morgan fingerprint density at radius 1 is 1.20 bits per heavy atom. The van der Waals surface area contributed by atoms with Crippen LogP contribution in [0.15, 0.2) is 47.4 Å². The normalized spacial score (nSPS) is 11.4. The van der Waals surface area contributed by atoms with E-state index in [2.05, 4.69) is 10.1 Å². The summed E-state index contributed by atoms with van der Waals surface area (Å²) in [5.74, 6) is -4.88. The van der Waals surface area contributed by atoms with E-state index in [1.807, 2.05) is 0 Å². The van der Waals surface area contributed by atoms with Crippen LogP contribution in [0.3, 0.4) is 0 Å². The van der Waals surface area contributed by atoms with Gasteiger partial charge in [0.1, 0.15) is 5.82 Å². The zero-order valence-electron chi connectivity index (χ0n) is 13.0. The number of nitrogens with one attached hydrogen (secondary N) is 1. The van der Waals surface area contributed by atoms with Gasteiger partial charge in [0, 0.05) is 12.1 Å². The van der Waals surface area contributed by atoms with Crippen LogP contribution in [-0.4, -0.2) is 27.3 Å². The number of para-hydroxylation sites is 1. The van der Waals surface area contributed by atoms with Crippen molar-refractivity contribution in [2.24, 2.45) is 0 Å². The monoisotopic (exact) mass is 373 g/mol. The second-order valence-electron chi connectivity index (χ2n) is 4.95. The van der Waals surface area contributed by atoms with Gasteiger partial charge in [0.2, 0.25) is 9.84 Å². The molecule has 0 atom stereocenters. The first-order valence-electron chi connectivity index (χ1n) is 6.99. The minimum atomic E-state index is -4.81. The van der Waals surface area contributed by atoms with Gasteiger partial charge in [-0.3, -0.25) is 0 Å². The fraction of sp³-hybridized carbons (Fsp3) is 0.188. The molecule has 0 aliphatic rings. The number of carbonyl (C=O) groups is 1. The molecule has 134 valence electrons. The van der Waals surface area contributed by atoms with Crippen LogP contribution in [0.4, 0.5) is 18.9 Å². The van der Waals surface area contributed by atoms with Crippen molar-refractivity contribution in [3.8, 4) is 0 Å². The van der Waals surface area contributed by atoms with Crippen molar-refractivity contribution >= 4 is 21.5 Å². The van der Waals surface area contributed by atoms with E-state index in [1.165, 1.54) is 37.4 Å². The molecule has 0 spiro atoms. The lowest BCUT2D eigenvalue weighted by molar-refractivity contribution is 0.0600. The molecule has 0 unspecified atom stereocenters. The number of hydrogen-bond donors (Lipinski definition) is 1. The van der Waals surface area contributed by atoms with E-state index < -0.39 is 32.3 Å². The fourth-order valence-corrected chi connectivity index (χ4v) is 3.01. The number of sulfone groups is 1. The standard InChI is InChI=1S/C16H14F3NO4S/c1-24-15(21)10-6-7-12(17)11(8-10)9-20-13-4-2-3-5-14(13)25(22,23)16(18)19/h2-8,16,20H,9H2,1H3. The van der Waals surface area contributed by atoms with Crippen LogP contribution in [-0.2, 0) is 21.1 Å². The second kappa shape index (κ2) is 7.56. The molecule has 25 heavy (non-hydrogen) atoms. The van der Waals surface area contributed by atoms with Gasteiger partial charge in [-0.2, -0.15) is 8.78 Å². The summed E-state index contributed by atoms with van der Waals surface area (Å²) in [7, 11) is -3.64. The Labute approximate surface area is 142 Å². The van der Waals surface area contributed by atoms with Crippen molar-refractivity contribution in [1.29, 1.82) is 0 Å².